The van der Waals surface area contributed by atoms with E-state index in [9.17, 15) is 4.79 Å². The van der Waals surface area contributed by atoms with Crippen molar-refractivity contribution >= 4 is 11.6 Å². The van der Waals surface area contributed by atoms with E-state index in [0.717, 1.165) is 12.8 Å². The van der Waals surface area contributed by atoms with Crippen molar-refractivity contribution in [1.29, 1.82) is 0 Å². The van der Waals surface area contributed by atoms with Crippen LogP contribution in [0.3, 0.4) is 0 Å². The highest BCUT2D eigenvalue weighted by molar-refractivity contribution is 5.94. The highest BCUT2D eigenvalue weighted by Crippen LogP contribution is 2.37. The number of amides is 1. The minimum Gasteiger partial charge on any atom is -0.397 e. The quantitative estimate of drug-likeness (QED) is 0.886. The first-order chi connectivity index (χ1) is 10.1. The standard InChI is InChI=1S/C17H21N3O/c1-12(13-5-3-2-4-6-13)10-19-17(21)16-9-14(18)11-20(16)15-7-8-15/h2-6,9,11-12,15H,7-8,10,18H2,1H3,(H,19,21). The van der Waals surface area contributed by atoms with Crippen molar-refractivity contribution < 1.29 is 4.79 Å². The smallest absolute Gasteiger partial charge is 0.268 e. The van der Waals surface area contributed by atoms with Gasteiger partial charge in [0.25, 0.3) is 5.91 Å². The average molecular weight is 283 g/mol. The van der Waals surface area contributed by atoms with Gasteiger partial charge in [0.2, 0.25) is 0 Å². The van der Waals surface area contributed by atoms with Gasteiger partial charge in [0, 0.05) is 18.8 Å². The molecule has 1 heterocycles. The number of nitrogens with one attached hydrogen (secondary N) is 1. The Hall–Kier alpha value is -2.23. The summed E-state index contributed by atoms with van der Waals surface area (Å²) < 4.78 is 2.01. The Balaban J connectivity index is 1.64. The summed E-state index contributed by atoms with van der Waals surface area (Å²) in [5.41, 5.74) is 8.39. The molecule has 0 spiro atoms. The molecule has 3 rings (SSSR count). The van der Waals surface area contributed by atoms with E-state index in [1.807, 2.05) is 29.0 Å². The van der Waals surface area contributed by atoms with Crippen molar-refractivity contribution in [3.05, 3.63) is 53.9 Å². The molecule has 4 nitrogen and oxygen atoms in total. The lowest BCUT2D eigenvalue weighted by atomic mass is 10.0. The van der Waals surface area contributed by atoms with E-state index >= 15 is 0 Å². The van der Waals surface area contributed by atoms with E-state index in [2.05, 4.69) is 24.4 Å². The van der Waals surface area contributed by atoms with Crippen molar-refractivity contribution in [3.63, 3.8) is 0 Å². The Kier molecular flexibility index (Phi) is 3.69. The van der Waals surface area contributed by atoms with Gasteiger partial charge < -0.3 is 15.6 Å². The molecule has 4 heteroatoms. The van der Waals surface area contributed by atoms with Gasteiger partial charge in [-0.2, -0.15) is 0 Å². The van der Waals surface area contributed by atoms with Crippen LogP contribution in [0.1, 0.15) is 47.8 Å². The monoisotopic (exact) mass is 283 g/mol. The molecule has 110 valence electrons. The molecule has 1 fully saturated rings. The van der Waals surface area contributed by atoms with Gasteiger partial charge in [0.05, 0.1) is 5.69 Å². The lowest BCUT2D eigenvalue weighted by molar-refractivity contribution is 0.0942. The van der Waals surface area contributed by atoms with Gasteiger partial charge in [-0.15, -0.1) is 0 Å². The second kappa shape index (κ2) is 5.64. The molecule has 1 amide bonds. The number of anilines is 1. The van der Waals surface area contributed by atoms with Gasteiger partial charge >= 0.3 is 0 Å². The fraction of sp³-hybridized carbons (Fsp3) is 0.353. The Morgan fingerprint density at radius 3 is 2.76 bits per heavy atom. The van der Waals surface area contributed by atoms with E-state index in [-0.39, 0.29) is 11.8 Å². The van der Waals surface area contributed by atoms with E-state index in [1.54, 1.807) is 6.07 Å². The summed E-state index contributed by atoms with van der Waals surface area (Å²) in [6.45, 7) is 2.74. The zero-order chi connectivity index (χ0) is 14.8. The number of nitrogen functional groups attached to an aromatic ring is 1. The van der Waals surface area contributed by atoms with Crippen molar-refractivity contribution in [2.75, 3.05) is 12.3 Å². The van der Waals surface area contributed by atoms with Crippen LogP contribution in [-0.4, -0.2) is 17.0 Å². The summed E-state index contributed by atoms with van der Waals surface area (Å²) in [4.78, 5) is 12.4. The van der Waals surface area contributed by atoms with E-state index < -0.39 is 0 Å². The normalized spacial score (nSPS) is 15.7. The molecule has 1 aliphatic rings. The van der Waals surface area contributed by atoms with Crippen LogP contribution < -0.4 is 11.1 Å². The number of hydrogen-bond acceptors (Lipinski definition) is 2. The van der Waals surface area contributed by atoms with Crippen LogP contribution in [-0.2, 0) is 0 Å². The third kappa shape index (κ3) is 3.10. The van der Waals surface area contributed by atoms with E-state index in [1.165, 1.54) is 5.56 Å². The van der Waals surface area contributed by atoms with Crippen molar-refractivity contribution in [2.24, 2.45) is 0 Å². The molecule has 1 saturated carbocycles. The highest BCUT2D eigenvalue weighted by Gasteiger charge is 2.27. The summed E-state index contributed by atoms with van der Waals surface area (Å²) in [6.07, 6.45) is 4.14. The molecule has 0 saturated heterocycles. The molecular formula is C17H21N3O. The predicted molar refractivity (Wildman–Crippen MR) is 84.3 cm³/mol. The van der Waals surface area contributed by atoms with Gasteiger partial charge in [-0.05, 0) is 30.4 Å². The van der Waals surface area contributed by atoms with Gasteiger partial charge in [0.15, 0.2) is 0 Å². The number of rotatable bonds is 5. The molecule has 1 unspecified atom stereocenters. The van der Waals surface area contributed by atoms with Crippen LogP contribution in [0.5, 0.6) is 0 Å². The summed E-state index contributed by atoms with van der Waals surface area (Å²) >= 11 is 0. The summed E-state index contributed by atoms with van der Waals surface area (Å²) in [5.74, 6) is 0.248. The fourth-order valence-corrected chi connectivity index (χ4v) is 2.57. The van der Waals surface area contributed by atoms with Crippen LogP contribution in [0.15, 0.2) is 42.6 Å². The maximum atomic E-state index is 12.4. The molecule has 0 aliphatic heterocycles. The molecule has 1 aromatic carbocycles. The summed E-state index contributed by atoms with van der Waals surface area (Å²) in [5, 5.41) is 3.02. The number of aromatic nitrogens is 1. The lowest BCUT2D eigenvalue weighted by Crippen LogP contribution is -2.29. The first-order valence-electron chi connectivity index (χ1n) is 7.45. The van der Waals surface area contributed by atoms with Gasteiger partial charge in [-0.25, -0.2) is 0 Å². The maximum Gasteiger partial charge on any atom is 0.268 e. The topological polar surface area (TPSA) is 60.1 Å². The van der Waals surface area contributed by atoms with Crippen LogP contribution >= 0.6 is 0 Å². The first-order valence-corrected chi connectivity index (χ1v) is 7.45. The Bertz CT molecular complexity index is 629. The molecule has 21 heavy (non-hydrogen) atoms. The number of carbonyl (C=O) groups is 1. The van der Waals surface area contributed by atoms with Gasteiger partial charge in [-0.3, -0.25) is 4.79 Å². The number of nitrogens with zero attached hydrogens (tertiary/aromatic N) is 1. The number of benzene rings is 1. The lowest BCUT2D eigenvalue weighted by Gasteiger charge is -2.14. The van der Waals surface area contributed by atoms with E-state index in [0.29, 0.717) is 24.0 Å². The third-order valence-corrected chi connectivity index (χ3v) is 3.98. The van der Waals surface area contributed by atoms with Crippen molar-refractivity contribution in [3.8, 4) is 0 Å². The van der Waals surface area contributed by atoms with Crippen LogP contribution in [0.2, 0.25) is 0 Å². The highest BCUT2D eigenvalue weighted by atomic mass is 16.1. The number of hydrogen-bond donors (Lipinski definition) is 2. The molecule has 1 aromatic heterocycles. The number of carbonyl (C=O) groups excluding carboxylic acids is 1. The second-order valence-corrected chi connectivity index (χ2v) is 5.82. The molecule has 3 N–H and O–H groups in total. The Morgan fingerprint density at radius 2 is 2.10 bits per heavy atom. The van der Waals surface area contributed by atoms with Gasteiger partial charge in [0.1, 0.15) is 5.69 Å². The molecular weight excluding hydrogens is 262 g/mol. The Morgan fingerprint density at radius 1 is 1.38 bits per heavy atom. The Labute approximate surface area is 125 Å². The number of nitrogens with two attached hydrogens (primary N) is 1. The summed E-state index contributed by atoms with van der Waals surface area (Å²) in [7, 11) is 0. The SMILES string of the molecule is CC(CNC(=O)c1cc(N)cn1C1CC1)c1ccccc1. The minimum atomic E-state index is -0.0404. The van der Waals surface area contributed by atoms with Crippen molar-refractivity contribution in [2.45, 2.75) is 31.7 Å². The van der Waals surface area contributed by atoms with Crippen LogP contribution in [0, 0.1) is 0 Å². The average Bonchev–Trinajstić information content (AvgIpc) is 3.27. The van der Waals surface area contributed by atoms with Crippen LogP contribution in [0.4, 0.5) is 5.69 Å². The molecule has 2 aromatic rings. The molecule has 1 atom stereocenters. The maximum absolute atomic E-state index is 12.4. The predicted octanol–water partition coefficient (Wildman–Crippen LogP) is 2.94. The largest absolute Gasteiger partial charge is 0.397 e. The first kappa shape index (κ1) is 13.7. The van der Waals surface area contributed by atoms with Crippen molar-refractivity contribution in [1.82, 2.24) is 9.88 Å². The molecule has 1 aliphatic carbocycles. The van der Waals surface area contributed by atoms with E-state index in [4.69, 9.17) is 5.73 Å². The summed E-state index contributed by atoms with van der Waals surface area (Å²) in [6, 6.07) is 12.4. The second-order valence-electron chi connectivity index (χ2n) is 5.82. The van der Waals surface area contributed by atoms with Crippen LogP contribution in [0.25, 0.3) is 0 Å². The fourth-order valence-electron chi connectivity index (χ4n) is 2.57. The zero-order valence-corrected chi connectivity index (χ0v) is 12.3. The molecule has 0 bridgehead atoms. The zero-order valence-electron chi connectivity index (χ0n) is 12.3. The molecule has 0 radical (unpaired) electrons. The minimum absolute atomic E-state index is 0.0404. The van der Waals surface area contributed by atoms with Gasteiger partial charge in [-0.1, -0.05) is 37.3 Å². The third-order valence-electron chi connectivity index (χ3n) is 3.98.